The molecule has 0 spiro atoms. The first kappa shape index (κ1) is 17.5. The second-order valence-corrected chi connectivity index (χ2v) is 4.86. The van der Waals surface area contributed by atoms with Crippen molar-refractivity contribution in [2.75, 3.05) is 0 Å². The van der Waals surface area contributed by atoms with E-state index in [1.165, 1.54) is 30.6 Å². The first-order chi connectivity index (χ1) is 9.47. The van der Waals surface area contributed by atoms with E-state index >= 15 is 0 Å². The van der Waals surface area contributed by atoms with E-state index in [2.05, 4.69) is 15.5 Å². The third kappa shape index (κ3) is 5.06. The molecule has 2 aromatic heterocycles. The normalized spacial score (nSPS) is 11.1. The van der Waals surface area contributed by atoms with Gasteiger partial charge in [0.2, 0.25) is 5.09 Å². The number of pyridine rings is 1. The molecular weight excluding hydrogens is 309 g/mol. The minimum atomic E-state index is -4.64. The van der Waals surface area contributed by atoms with Crippen LogP contribution in [0.15, 0.2) is 51.3 Å². The van der Waals surface area contributed by atoms with E-state index in [0.717, 1.165) is 12.3 Å². The van der Waals surface area contributed by atoms with Crippen molar-refractivity contribution in [2.24, 2.45) is 5.10 Å². The second-order valence-electron chi connectivity index (χ2n) is 3.55. The molecule has 2 rings (SSSR count). The number of aromatic nitrogens is 1. The monoisotopic (exact) mass is 317 g/mol. The Morgan fingerprint density at radius 1 is 1.29 bits per heavy atom. The predicted octanol–water partition coefficient (Wildman–Crippen LogP) is -2.65. The van der Waals surface area contributed by atoms with Crippen LogP contribution in [-0.2, 0) is 10.1 Å². The Bertz CT molecular complexity index is 742. The van der Waals surface area contributed by atoms with E-state index < -0.39 is 21.1 Å². The summed E-state index contributed by atoms with van der Waals surface area (Å²) in [7, 11) is -4.64. The molecule has 0 bridgehead atoms. The van der Waals surface area contributed by atoms with Gasteiger partial charge in [-0.2, -0.15) is 5.10 Å². The number of amides is 1. The molecule has 21 heavy (non-hydrogen) atoms. The van der Waals surface area contributed by atoms with Gasteiger partial charge in [0.25, 0.3) is 5.91 Å². The molecule has 0 radical (unpaired) electrons. The molecule has 0 aliphatic rings. The van der Waals surface area contributed by atoms with Crippen molar-refractivity contribution in [3.05, 3.63) is 48.0 Å². The number of furan rings is 1. The van der Waals surface area contributed by atoms with Crippen molar-refractivity contribution in [2.45, 2.75) is 5.09 Å². The van der Waals surface area contributed by atoms with E-state index in [1.54, 1.807) is 0 Å². The minimum Gasteiger partial charge on any atom is -0.742 e. The summed E-state index contributed by atoms with van der Waals surface area (Å²) < 4.78 is 36.7. The fraction of sp³-hybridized carbons (Fsp3) is 0. The summed E-state index contributed by atoms with van der Waals surface area (Å²) in [5.41, 5.74) is 2.57. The summed E-state index contributed by atoms with van der Waals surface area (Å²) in [6, 6.07) is 5.25. The van der Waals surface area contributed by atoms with Gasteiger partial charge in [-0.25, -0.2) is 13.8 Å². The van der Waals surface area contributed by atoms with Crippen LogP contribution in [0.2, 0.25) is 0 Å². The molecule has 1 N–H and O–H groups in total. The predicted molar refractivity (Wildman–Crippen MR) is 66.0 cm³/mol. The molecule has 0 fully saturated rings. The topological polar surface area (TPSA) is 125 Å². The third-order valence-electron chi connectivity index (χ3n) is 2.15. The van der Waals surface area contributed by atoms with Crippen LogP contribution in [0.3, 0.4) is 0 Å². The fourth-order valence-electron chi connectivity index (χ4n) is 1.26. The number of carbonyl (C=O) groups is 1. The first-order valence-electron chi connectivity index (χ1n) is 5.26. The van der Waals surface area contributed by atoms with Gasteiger partial charge in [0.1, 0.15) is 5.76 Å². The fourth-order valence-corrected chi connectivity index (χ4v) is 1.69. The zero-order valence-corrected chi connectivity index (χ0v) is 13.7. The van der Waals surface area contributed by atoms with Gasteiger partial charge in [0.15, 0.2) is 10.1 Å². The maximum absolute atomic E-state index is 11.6. The molecule has 0 unspecified atom stereocenters. The van der Waals surface area contributed by atoms with Crippen molar-refractivity contribution in [1.82, 2.24) is 10.4 Å². The summed E-state index contributed by atoms with van der Waals surface area (Å²) in [5, 5.41) is 2.87. The summed E-state index contributed by atoms with van der Waals surface area (Å²) in [4.78, 5) is 15.3. The van der Waals surface area contributed by atoms with E-state index in [4.69, 9.17) is 4.42 Å². The van der Waals surface area contributed by atoms with Gasteiger partial charge < -0.3 is 8.97 Å². The van der Waals surface area contributed by atoms with Gasteiger partial charge in [-0.1, -0.05) is 0 Å². The molecule has 0 saturated heterocycles. The number of carbonyl (C=O) groups excluding carboxylic acids is 1. The summed E-state index contributed by atoms with van der Waals surface area (Å²) >= 11 is 0. The number of hydrogen-bond acceptors (Lipinski definition) is 7. The molecule has 0 aliphatic heterocycles. The maximum Gasteiger partial charge on any atom is 1.00 e. The smallest absolute Gasteiger partial charge is 0.742 e. The van der Waals surface area contributed by atoms with Crippen LogP contribution < -0.4 is 35.0 Å². The third-order valence-corrected chi connectivity index (χ3v) is 2.86. The van der Waals surface area contributed by atoms with E-state index in [1.807, 2.05) is 0 Å². The second kappa shape index (κ2) is 7.48. The SMILES string of the molecule is O=C(NN=Cc1ccc(S(=O)(=O)[O-])o1)c1ccncc1.[Na+]. The van der Waals surface area contributed by atoms with Crippen LogP contribution in [0, 0.1) is 0 Å². The molecule has 0 aromatic carbocycles. The Morgan fingerprint density at radius 3 is 2.52 bits per heavy atom. The molecule has 1 amide bonds. The quantitative estimate of drug-likeness (QED) is 0.284. The molecule has 10 heteroatoms. The van der Waals surface area contributed by atoms with Gasteiger partial charge in [-0.15, -0.1) is 0 Å². The van der Waals surface area contributed by atoms with Crippen molar-refractivity contribution in [1.29, 1.82) is 0 Å². The number of nitrogens with zero attached hydrogens (tertiary/aromatic N) is 2. The van der Waals surface area contributed by atoms with E-state index in [9.17, 15) is 17.8 Å². The number of hydrogen-bond donors (Lipinski definition) is 1. The van der Waals surface area contributed by atoms with Gasteiger partial charge in [0, 0.05) is 18.0 Å². The Labute approximate surface area is 142 Å². The van der Waals surface area contributed by atoms with Crippen LogP contribution in [-0.4, -0.2) is 30.1 Å². The molecule has 2 heterocycles. The number of nitrogens with one attached hydrogen (secondary N) is 1. The average Bonchev–Trinajstić information content (AvgIpc) is 2.88. The standard InChI is InChI=1S/C11H9N3O5S.Na/c15-11(8-3-5-12-6-4-8)14-13-7-9-1-2-10(19-9)20(16,17)18;/h1-7H,(H,14,15)(H,16,17,18);/q;+1/p-1. The van der Waals surface area contributed by atoms with Crippen LogP contribution in [0.1, 0.15) is 16.1 Å². The average molecular weight is 317 g/mol. The van der Waals surface area contributed by atoms with Crippen molar-refractivity contribution >= 4 is 22.2 Å². The number of rotatable bonds is 4. The van der Waals surface area contributed by atoms with Crippen LogP contribution >= 0.6 is 0 Å². The van der Waals surface area contributed by atoms with Gasteiger partial charge in [-0.3, -0.25) is 9.78 Å². The molecule has 0 atom stereocenters. The number of hydrazone groups is 1. The zero-order valence-electron chi connectivity index (χ0n) is 10.9. The maximum atomic E-state index is 11.6. The molecule has 0 aliphatic carbocycles. The van der Waals surface area contributed by atoms with Crippen LogP contribution in [0.5, 0.6) is 0 Å². The molecule has 104 valence electrons. The Balaban J connectivity index is 0.00000220. The molecule has 8 nitrogen and oxygen atoms in total. The Morgan fingerprint density at radius 2 is 1.95 bits per heavy atom. The zero-order chi connectivity index (χ0) is 14.6. The van der Waals surface area contributed by atoms with E-state index in [0.29, 0.717) is 5.56 Å². The van der Waals surface area contributed by atoms with Gasteiger partial charge >= 0.3 is 29.6 Å². The first-order valence-corrected chi connectivity index (χ1v) is 6.67. The van der Waals surface area contributed by atoms with Crippen LogP contribution in [0.4, 0.5) is 0 Å². The Hall–Kier alpha value is -1.52. The van der Waals surface area contributed by atoms with Crippen molar-refractivity contribution in [3.8, 4) is 0 Å². The molecule has 2 aromatic rings. The van der Waals surface area contributed by atoms with Crippen molar-refractivity contribution in [3.63, 3.8) is 0 Å². The summed E-state index contributed by atoms with van der Waals surface area (Å²) in [6.45, 7) is 0. The van der Waals surface area contributed by atoms with Gasteiger partial charge in [0.05, 0.1) is 6.21 Å². The molecule has 0 saturated carbocycles. The van der Waals surface area contributed by atoms with Crippen LogP contribution in [0.25, 0.3) is 0 Å². The summed E-state index contributed by atoms with van der Waals surface area (Å²) in [6.07, 6.45) is 3.99. The molecular formula is C11H8N3NaO5S. The Kier molecular flexibility index (Phi) is 6.24. The summed E-state index contributed by atoms with van der Waals surface area (Å²) in [5.74, 6) is -0.443. The van der Waals surface area contributed by atoms with Crippen molar-refractivity contribution < 1.29 is 51.7 Å². The van der Waals surface area contributed by atoms with E-state index in [-0.39, 0.29) is 35.3 Å². The van der Waals surface area contributed by atoms with Gasteiger partial charge in [-0.05, 0) is 24.3 Å². The largest absolute Gasteiger partial charge is 1.00 e. The minimum absolute atomic E-state index is 0.